The standard InChI is InChI=1S/C25H15Cl2F6N3O3/c26-13-7-12(8-14(27)9-13)22-20(25(31,32)33)21(36-39-22)17-5-6-18(16-4-2-1-3-15(16)17)23(38)34-10-19(37)35-11-24(28,29)30/h1-9H,10-11H2,(H,34,38)(H,35,37). The fourth-order valence-corrected chi connectivity index (χ4v) is 4.37. The molecule has 4 aromatic rings. The molecule has 1 aromatic heterocycles. The van der Waals surface area contributed by atoms with E-state index in [1.807, 2.05) is 0 Å². The summed E-state index contributed by atoms with van der Waals surface area (Å²) in [6.45, 7) is -2.32. The number of fused-ring (bicyclic) bond motifs is 1. The average molecular weight is 590 g/mol. The molecular formula is C25H15Cl2F6N3O3. The van der Waals surface area contributed by atoms with Gasteiger partial charge in [-0.05, 0) is 35.0 Å². The summed E-state index contributed by atoms with van der Waals surface area (Å²) in [5.41, 5.74) is -1.84. The lowest BCUT2D eigenvalue weighted by Crippen LogP contribution is -2.40. The number of halogens is 8. The van der Waals surface area contributed by atoms with Crippen LogP contribution in [0.1, 0.15) is 15.9 Å². The Hall–Kier alpha value is -3.77. The lowest BCUT2D eigenvalue weighted by Gasteiger charge is -2.13. The van der Waals surface area contributed by atoms with E-state index in [0.29, 0.717) is 0 Å². The highest BCUT2D eigenvalue weighted by molar-refractivity contribution is 6.35. The van der Waals surface area contributed by atoms with Crippen molar-refractivity contribution >= 4 is 45.8 Å². The van der Waals surface area contributed by atoms with Gasteiger partial charge in [-0.15, -0.1) is 0 Å². The van der Waals surface area contributed by atoms with Crippen molar-refractivity contribution in [2.45, 2.75) is 12.4 Å². The Labute approximate surface area is 225 Å². The predicted molar refractivity (Wildman–Crippen MR) is 131 cm³/mol. The molecule has 204 valence electrons. The maximum Gasteiger partial charge on any atom is 0.422 e. The van der Waals surface area contributed by atoms with Gasteiger partial charge in [-0.25, -0.2) is 0 Å². The van der Waals surface area contributed by atoms with E-state index in [1.165, 1.54) is 54.6 Å². The van der Waals surface area contributed by atoms with Crippen LogP contribution in [0.15, 0.2) is 59.1 Å². The van der Waals surface area contributed by atoms with Crippen LogP contribution >= 0.6 is 23.2 Å². The van der Waals surface area contributed by atoms with Gasteiger partial charge in [0.1, 0.15) is 17.8 Å². The van der Waals surface area contributed by atoms with Gasteiger partial charge in [-0.3, -0.25) is 9.59 Å². The van der Waals surface area contributed by atoms with Crippen LogP contribution in [0, 0.1) is 0 Å². The van der Waals surface area contributed by atoms with Gasteiger partial charge in [-0.1, -0.05) is 58.7 Å². The van der Waals surface area contributed by atoms with Gasteiger partial charge in [0.2, 0.25) is 5.91 Å². The lowest BCUT2D eigenvalue weighted by atomic mass is 9.94. The van der Waals surface area contributed by atoms with Crippen molar-refractivity contribution in [3.63, 3.8) is 0 Å². The number of hydrogen-bond acceptors (Lipinski definition) is 4. The molecule has 0 radical (unpaired) electrons. The minimum atomic E-state index is -4.92. The van der Waals surface area contributed by atoms with Crippen molar-refractivity contribution in [3.8, 4) is 22.6 Å². The van der Waals surface area contributed by atoms with Crippen molar-refractivity contribution in [1.29, 1.82) is 0 Å². The van der Waals surface area contributed by atoms with E-state index in [1.54, 1.807) is 5.32 Å². The highest BCUT2D eigenvalue weighted by atomic mass is 35.5. The Morgan fingerprint density at radius 3 is 2.13 bits per heavy atom. The first-order valence-electron chi connectivity index (χ1n) is 10.9. The van der Waals surface area contributed by atoms with Gasteiger partial charge in [0.15, 0.2) is 5.76 Å². The zero-order valence-corrected chi connectivity index (χ0v) is 20.8. The van der Waals surface area contributed by atoms with Crippen LogP contribution < -0.4 is 10.6 Å². The van der Waals surface area contributed by atoms with Gasteiger partial charge in [-0.2, -0.15) is 26.3 Å². The molecule has 0 aliphatic rings. The van der Waals surface area contributed by atoms with Gasteiger partial charge >= 0.3 is 12.4 Å². The first kappa shape index (κ1) is 28.2. The molecule has 0 bridgehead atoms. The van der Waals surface area contributed by atoms with E-state index < -0.39 is 54.3 Å². The second-order valence-electron chi connectivity index (χ2n) is 8.17. The van der Waals surface area contributed by atoms with Crippen LogP contribution in [0.3, 0.4) is 0 Å². The Morgan fingerprint density at radius 1 is 0.872 bits per heavy atom. The number of nitrogens with zero attached hydrogens (tertiary/aromatic N) is 1. The zero-order valence-electron chi connectivity index (χ0n) is 19.3. The molecule has 6 nitrogen and oxygen atoms in total. The van der Waals surface area contributed by atoms with Gasteiger partial charge < -0.3 is 15.2 Å². The Balaban J connectivity index is 1.73. The normalized spacial score (nSPS) is 12.0. The van der Waals surface area contributed by atoms with Gasteiger partial charge in [0, 0.05) is 26.7 Å². The molecule has 0 saturated heterocycles. The van der Waals surface area contributed by atoms with Crippen molar-refractivity contribution in [3.05, 3.63) is 75.8 Å². The van der Waals surface area contributed by atoms with E-state index in [9.17, 15) is 35.9 Å². The monoisotopic (exact) mass is 589 g/mol. The van der Waals surface area contributed by atoms with E-state index in [4.69, 9.17) is 27.7 Å². The first-order valence-corrected chi connectivity index (χ1v) is 11.7. The summed E-state index contributed by atoms with van der Waals surface area (Å²) in [5, 5.41) is 8.06. The second-order valence-corrected chi connectivity index (χ2v) is 9.04. The largest absolute Gasteiger partial charge is 0.422 e. The molecule has 0 aliphatic carbocycles. The third kappa shape index (κ3) is 6.45. The molecule has 0 saturated carbocycles. The quantitative estimate of drug-likeness (QED) is 0.240. The summed E-state index contributed by atoms with van der Waals surface area (Å²) in [6, 6.07) is 12.2. The van der Waals surface area contributed by atoms with E-state index in [0.717, 1.165) is 0 Å². The van der Waals surface area contributed by atoms with Gasteiger partial charge in [0.05, 0.1) is 6.54 Å². The Bertz CT molecular complexity index is 1550. The summed E-state index contributed by atoms with van der Waals surface area (Å²) >= 11 is 11.9. The van der Waals surface area contributed by atoms with Gasteiger partial charge in [0.25, 0.3) is 5.91 Å². The molecule has 0 unspecified atom stereocenters. The van der Waals surface area contributed by atoms with Crippen LogP contribution in [0.4, 0.5) is 26.3 Å². The molecule has 2 N–H and O–H groups in total. The highest BCUT2D eigenvalue weighted by Crippen LogP contribution is 2.45. The third-order valence-electron chi connectivity index (χ3n) is 5.42. The van der Waals surface area contributed by atoms with Crippen LogP contribution in [0.5, 0.6) is 0 Å². The molecule has 4 rings (SSSR count). The molecule has 0 fully saturated rings. The lowest BCUT2D eigenvalue weighted by molar-refractivity contribution is -0.137. The molecule has 0 atom stereocenters. The zero-order chi connectivity index (χ0) is 28.5. The fraction of sp³-hybridized carbons (Fsp3) is 0.160. The van der Waals surface area contributed by atoms with Crippen molar-refractivity contribution in [1.82, 2.24) is 15.8 Å². The number of hydrogen-bond donors (Lipinski definition) is 2. The third-order valence-corrected chi connectivity index (χ3v) is 5.86. The summed E-state index contributed by atoms with van der Waals surface area (Å²) in [6.07, 6.45) is -9.54. The van der Waals surface area contributed by atoms with Crippen LogP contribution in [-0.4, -0.2) is 36.2 Å². The number of alkyl halides is 6. The van der Waals surface area contributed by atoms with Crippen LogP contribution in [0.2, 0.25) is 10.0 Å². The van der Waals surface area contributed by atoms with E-state index in [-0.39, 0.29) is 37.5 Å². The number of aromatic nitrogens is 1. The summed E-state index contributed by atoms with van der Waals surface area (Å²) < 4.78 is 84.8. The molecule has 39 heavy (non-hydrogen) atoms. The SMILES string of the molecule is O=C(CNC(=O)c1ccc(-c2noc(-c3cc(Cl)cc(Cl)c3)c2C(F)(F)F)c2ccccc12)NCC(F)(F)F. The maximum absolute atomic E-state index is 14.3. The Kier molecular flexibility index (Phi) is 7.80. The van der Waals surface area contributed by atoms with Crippen LogP contribution in [-0.2, 0) is 11.0 Å². The van der Waals surface area contributed by atoms with Crippen LogP contribution in [0.25, 0.3) is 33.4 Å². The fourth-order valence-electron chi connectivity index (χ4n) is 3.84. The Morgan fingerprint density at radius 2 is 1.51 bits per heavy atom. The molecule has 0 aliphatic heterocycles. The number of carbonyl (C=O) groups is 2. The number of amides is 2. The summed E-state index contributed by atoms with van der Waals surface area (Å²) in [7, 11) is 0. The number of carbonyl (C=O) groups excluding carboxylic acids is 2. The first-order chi connectivity index (χ1) is 18.2. The van der Waals surface area contributed by atoms with Crippen molar-refractivity contribution in [2.24, 2.45) is 0 Å². The highest BCUT2D eigenvalue weighted by Gasteiger charge is 2.41. The molecule has 2 amide bonds. The molecular weight excluding hydrogens is 575 g/mol. The molecule has 0 spiro atoms. The van der Waals surface area contributed by atoms with Crippen molar-refractivity contribution in [2.75, 3.05) is 13.1 Å². The minimum absolute atomic E-state index is 0.0134. The topological polar surface area (TPSA) is 84.2 Å². The summed E-state index contributed by atoms with van der Waals surface area (Å²) in [5.74, 6) is -2.52. The minimum Gasteiger partial charge on any atom is -0.355 e. The predicted octanol–water partition coefficient (Wildman–Crippen LogP) is 6.90. The summed E-state index contributed by atoms with van der Waals surface area (Å²) in [4.78, 5) is 24.4. The smallest absolute Gasteiger partial charge is 0.355 e. The number of benzene rings is 3. The average Bonchev–Trinajstić information content (AvgIpc) is 3.30. The van der Waals surface area contributed by atoms with Crippen molar-refractivity contribution < 1.29 is 40.5 Å². The number of rotatable bonds is 6. The molecule has 3 aromatic carbocycles. The van der Waals surface area contributed by atoms with E-state index in [2.05, 4.69) is 10.5 Å². The molecule has 14 heteroatoms. The maximum atomic E-state index is 14.3. The van der Waals surface area contributed by atoms with E-state index >= 15 is 0 Å². The molecule has 1 heterocycles. The number of nitrogens with one attached hydrogen (secondary N) is 2. The second kappa shape index (κ2) is 10.8.